The molecule has 0 aromatic carbocycles. The van der Waals surface area contributed by atoms with Crippen LogP contribution in [-0.2, 0) is 16.1 Å². The molecule has 2 heterocycles. The molecule has 2 rings (SSSR count). The molecule has 1 fully saturated rings. The van der Waals surface area contributed by atoms with Gasteiger partial charge in [0.05, 0.1) is 24.9 Å². The molecule has 1 aromatic rings. The fourth-order valence-corrected chi connectivity index (χ4v) is 3.48. The second-order valence-electron chi connectivity index (χ2n) is 5.63. The summed E-state index contributed by atoms with van der Waals surface area (Å²) in [6.07, 6.45) is 4.91. The van der Waals surface area contributed by atoms with Crippen molar-refractivity contribution in [2.75, 3.05) is 6.61 Å². The maximum Gasteiger partial charge on any atom is 0.328 e. The number of carboxylic acid groups (broad SMARTS) is 1. The lowest BCUT2D eigenvalue weighted by atomic mass is 10.1. The Morgan fingerprint density at radius 1 is 1.57 bits per heavy atom. The number of aromatic nitrogens is 1. The van der Waals surface area contributed by atoms with E-state index in [0.29, 0.717) is 37.1 Å². The maximum atomic E-state index is 11.9. The van der Waals surface area contributed by atoms with Gasteiger partial charge in [-0.2, -0.15) is 0 Å². The van der Waals surface area contributed by atoms with Crippen molar-refractivity contribution in [3.05, 3.63) is 22.2 Å². The molecule has 0 aliphatic carbocycles. The van der Waals surface area contributed by atoms with E-state index in [1.165, 1.54) is 17.4 Å². The van der Waals surface area contributed by atoms with Crippen molar-refractivity contribution in [3.63, 3.8) is 0 Å². The Morgan fingerprint density at radius 2 is 2.35 bits per heavy atom. The molecule has 0 bridgehead atoms. The summed E-state index contributed by atoms with van der Waals surface area (Å²) >= 11 is 1.42. The van der Waals surface area contributed by atoms with E-state index in [2.05, 4.69) is 11.9 Å². The van der Waals surface area contributed by atoms with Crippen LogP contribution in [0.15, 0.2) is 11.5 Å². The van der Waals surface area contributed by atoms with Crippen molar-refractivity contribution in [3.8, 4) is 0 Å². The van der Waals surface area contributed by atoms with E-state index in [9.17, 15) is 14.7 Å². The quantitative estimate of drug-likeness (QED) is 0.710. The minimum atomic E-state index is -0.972. The molecule has 1 aliphatic rings. The smallest absolute Gasteiger partial charge is 0.328 e. The number of carboxylic acids is 1. The van der Waals surface area contributed by atoms with Crippen molar-refractivity contribution >= 4 is 28.8 Å². The first kappa shape index (κ1) is 17.6. The lowest BCUT2D eigenvalue weighted by molar-refractivity contribution is -0.131. The van der Waals surface area contributed by atoms with Crippen LogP contribution in [0.2, 0.25) is 0 Å². The van der Waals surface area contributed by atoms with Crippen molar-refractivity contribution in [1.29, 1.82) is 0 Å². The van der Waals surface area contributed by atoms with Crippen LogP contribution >= 0.6 is 11.3 Å². The van der Waals surface area contributed by atoms with Gasteiger partial charge in [0, 0.05) is 17.9 Å². The van der Waals surface area contributed by atoms with E-state index in [1.807, 2.05) is 5.38 Å². The molecule has 0 unspecified atom stereocenters. The highest BCUT2D eigenvalue weighted by Gasteiger charge is 2.30. The van der Waals surface area contributed by atoms with Crippen molar-refractivity contribution in [1.82, 2.24) is 9.88 Å². The molecule has 2 N–H and O–H groups in total. The monoisotopic (exact) mass is 338 g/mol. The summed E-state index contributed by atoms with van der Waals surface area (Å²) < 4.78 is 0. The number of hydrogen-bond acceptors (Lipinski definition) is 5. The molecular formula is C16H22N2O4S. The Morgan fingerprint density at radius 3 is 3.00 bits per heavy atom. The van der Waals surface area contributed by atoms with Gasteiger partial charge in [-0.15, -0.1) is 11.3 Å². The Hall–Kier alpha value is -1.73. The number of allylic oxidation sites excluding steroid dienone is 1. The van der Waals surface area contributed by atoms with Gasteiger partial charge in [0.2, 0.25) is 5.91 Å². The number of nitrogens with zero attached hydrogens (tertiary/aromatic N) is 2. The highest BCUT2D eigenvalue weighted by atomic mass is 32.1. The zero-order valence-electron chi connectivity index (χ0n) is 13.2. The van der Waals surface area contributed by atoms with Gasteiger partial charge in [-0.3, -0.25) is 4.79 Å². The highest BCUT2D eigenvalue weighted by Crippen LogP contribution is 2.26. The second-order valence-corrected chi connectivity index (χ2v) is 6.58. The summed E-state index contributed by atoms with van der Waals surface area (Å²) in [5, 5.41) is 20.9. The average Bonchev–Trinajstić information content (AvgIpc) is 3.11. The van der Waals surface area contributed by atoms with E-state index in [-0.39, 0.29) is 18.6 Å². The number of aliphatic hydroxyl groups is 1. The molecule has 23 heavy (non-hydrogen) atoms. The van der Waals surface area contributed by atoms with Gasteiger partial charge in [0.15, 0.2) is 0 Å². The topological polar surface area (TPSA) is 90.7 Å². The molecule has 1 aliphatic heterocycles. The first-order valence-corrected chi connectivity index (χ1v) is 8.71. The Bertz CT molecular complexity index is 597. The first-order chi connectivity index (χ1) is 11.0. The number of rotatable bonds is 8. The van der Waals surface area contributed by atoms with Gasteiger partial charge in [-0.05, 0) is 24.8 Å². The standard InChI is InChI=1S/C16H22N2O4S/c1-2-3-4-11(7-16(21)22)13-10-23-14(17-13)8-18-12(9-19)5-6-15(18)20/h7,10,12,19H,2-6,8-9H2,1H3,(H,21,22)/b11-7+/t12-/m1/s1. The van der Waals surface area contributed by atoms with E-state index in [1.54, 1.807) is 4.90 Å². The third kappa shape index (κ3) is 4.62. The SMILES string of the molecule is CCCC/C(=C\C(=O)O)c1csc(CN2C(=O)CC[C@@H]2CO)n1. The predicted octanol–water partition coefficient (Wildman–Crippen LogP) is 2.28. The molecule has 0 radical (unpaired) electrons. The molecule has 1 atom stereocenters. The number of aliphatic carboxylic acids is 1. The number of aliphatic hydroxyl groups excluding tert-OH is 1. The van der Waals surface area contributed by atoms with Gasteiger partial charge >= 0.3 is 5.97 Å². The zero-order valence-corrected chi connectivity index (χ0v) is 14.0. The van der Waals surface area contributed by atoms with Gasteiger partial charge in [-0.1, -0.05) is 13.3 Å². The van der Waals surface area contributed by atoms with Crippen molar-refractivity contribution in [2.45, 2.75) is 51.6 Å². The van der Waals surface area contributed by atoms with Gasteiger partial charge in [0.25, 0.3) is 0 Å². The lowest BCUT2D eigenvalue weighted by Crippen LogP contribution is -2.34. The van der Waals surface area contributed by atoms with Gasteiger partial charge in [-0.25, -0.2) is 9.78 Å². The fraction of sp³-hybridized carbons (Fsp3) is 0.562. The Labute approximate surface area is 139 Å². The second kappa shape index (κ2) is 8.21. The lowest BCUT2D eigenvalue weighted by Gasteiger charge is -2.21. The van der Waals surface area contributed by atoms with E-state index in [0.717, 1.165) is 17.8 Å². The van der Waals surface area contributed by atoms with Crippen LogP contribution in [0, 0.1) is 0 Å². The van der Waals surface area contributed by atoms with Crippen LogP contribution in [0.25, 0.3) is 5.57 Å². The van der Waals surface area contributed by atoms with E-state index >= 15 is 0 Å². The van der Waals surface area contributed by atoms with Crippen LogP contribution in [-0.4, -0.2) is 44.6 Å². The summed E-state index contributed by atoms with van der Waals surface area (Å²) in [6.45, 7) is 2.40. The van der Waals surface area contributed by atoms with Crippen LogP contribution in [0.3, 0.4) is 0 Å². The molecule has 126 valence electrons. The number of thiazole rings is 1. The number of carbonyl (C=O) groups is 2. The molecule has 6 nitrogen and oxygen atoms in total. The molecule has 7 heteroatoms. The first-order valence-electron chi connectivity index (χ1n) is 7.83. The molecule has 1 aromatic heterocycles. The van der Waals surface area contributed by atoms with Crippen LogP contribution in [0.1, 0.15) is 49.7 Å². The third-order valence-electron chi connectivity index (χ3n) is 3.95. The summed E-state index contributed by atoms with van der Waals surface area (Å²) in [4.78, 5) is 29.0. The van der Waals surface area contributed by atoms with Crippen molar-refractivity contribution in [2.24, 2.45) is 0 Å². The third-order valence-corrected chi connectivity index (χ3v) is 4.78. The average molecular weight is 338 g/mol. The van der Waals surface area contributed by atoms with Crippen molar-refractivity contribution < 1.29 is 19.8 Å². The molecule has 1 amide bonds. The zero-order chi connectivity index (χ0) is 16.8. The summed E-state index contributed by atoms with van der Waals surface area (Å²) in [7, 11) is 0. The van der Waals surface area contributed by atoms with Crippen LogP contribution in [0.4, 0.5) is 0 Å². The number of amides is 1. The number of carbonyl (C=O) groups excluding carboxylic acids is 1. The largest absolute Gasteiger partial charge is 0.478 e. The summed E-state index contributed by atoms with van der Waals surface area (Å²) in [5.41, 5.74) is 1.39. The Kier molecular flexibility index (Phi) is 6.29. The van der Waals surface area contributed by atoms with E-state index < -0.39 is 5.97 Å². The fourth-order valence-electron chi connectivity index (χ4n) is 2.67. The minimum Gasteiger partial charge on any atom is -0.478 e. The molecule has 0 spiro atoms. The van der Waals surface area contributed by atoms with E-state index in [4.69, 9.17) is 5.11 Å². The van der Waals surface area contributed by atoms with Gasteiger partial charge < -0.3 is 15.1 Å². The number of likely N-dealkylation sites (tertiary alicyclic amines) is 1. The summed E-state index contributed by atoms with van der Waals surface area (Å²) in [5.74, 6) is -0.936. The predicted molar refractivity (Wildman–Crippen MR) is 87.9 cm³/mol. The number of hydrogen-bond donors (Lipinski definition) is 2. The minimum absolute atomic E-state index is 0.0353. The molecule has 0 saturated carbocycles. The summed E-state index contributed by atoms with van der Waals surface area (Å²) in [6, 6.07) is -0.135. The van der Waals surface area contributed by atoms with Crippen LogP contribution < -0.4 is 0 Å². The molecular weight excluding hydrogens is 316 g/mol. The molecule has 1 saturated heterocycles. The van der Waals surface area contributed by atoms with Gasteiger partial charge in [0.1, 0.15) is 5.01 Å². The highest BCUT2D eigenvalue weighted by molar-refractivity contribution is 7.09. The normalized spacial score (nSPS) is 18.7. The number of unbranched alkanes of at least 4 members (excludes halogenated alkanes) is 1. The Balaban J connectivity index is 2.12. The van der Waals surface area contributed by atoms with Crippen LogP contribution in [0.5, 0.6) is 0 Å². The maximum absolute atomic E-state index is 11.9.